The number of nitrogens with zero attached hydrogens (tertiary/aromatic N) is 1. The van der Waals surface area contributed by atoms with E-state index in [0.717, 1.165) is 11.8 Å². The number of hydrogen-bond acceptors (Lipinski definition) is 7. The molecule has 182 valence electrons. The molecule has 3 rings (SSSR count). The van der Waals surface area contributed by atoms with Crippen molar-refractivity contribution in [1.82, 2.24) is 20.3 Å². The number of sulfonamides is 1. The molecule has 2 aromatic rings. The maximum absolute atomic E-state index is 12.8. The minimum absolute atomic E-state index is 0.0456. The number of amides is 5. The highest BCUT2D eigenvalue weighted by Crippen LogP contribution is 2.26. The van der Waals surface area contributed by atoms with Crippen molar-refractivity contribution in [3.8, 4) is 17.6 Å². The average molecular weight is 499 g/mol. The molecule has 0 aliphatic carbocycles. The third kappa shape index (κ3) is 6.81. The van der Waals surface area contributed by atoms with Crippen molar-refractivity contribution < 1.29 is 32.3 Å². The molecule has 1 heterocycles. The van der Waals surface area contributed by atoms with Crippen molar-refractivity contribution >= 4 is 34.3 Å². The fourth-order valence-electron chi connectivity index (χ4n) is 3.32. The molecule has 1 aliphatic rings. The first-order chi connectivity index (χ1) is 16.6. The van der Waals surface area contributed by atoms with E-state index in [0.29, 0.717) is 23.4 Å². The molecule has 0 unspecified atom stereocenters. The summed E-state index contributed by atoms with van der Waals surface area (Å²) in [7, 11) is -2.19. The van der Waals surface area contributed by atoms with Gasteiger partial charge in [-0.3, -0.25) is 19.7 Å². The lowest BCUT2D eigenvalue weighted by molar-refractivity contribution is -0.108. The Balaban J connectivity index is 1.76. The summed E-state index contributed by atoms with van der Waals surface area (Å²) >= 11 is 0. The van der Waals surface area contributed by atoms with Crippen LogP contribution in [0.5, 0.6) is 5.75 Å². The van der Waals surface area contributed by atoms with Gasteiger partial charge in [-0.05, 0) is 42.0 Å². The normalized spacial score (nSPS) is 13.1. The average Bonchev–Trinajstić information content (AvgIpc) is 3.11. The van der Waals surface area contributed by atoms with E-state index in [2.05, 4.69) is 17.2 Å². The molecule has 0 bridgehead atoms. The molecule has 0 radical (unpaired) electrons. The summed E-state index contributed by atoms with van der Waals surface area (Å²) in [6, 6.07) is 9.41. The van der Waals surface area contributed by atoms with Crippen molar-refractivity contribution in [2.75, 3.05) is 19.9 Å². The summed E-state index contributed by atoms with van der Waals surface area (Å²) in [4.78, 5) is 48.8. The van der Waals surface area contributed by atoms with E-state index >= 15 is 0 Å². The van der Waals surface area contributed by atoms with Crippen molar-refractivity contribution in [1.29, 1.82) is 0 Å². The second kappa shape index (κ2) is 10.7. The van der Waals surface area contributed by atoms with E-state index in [1.807, 2.05) is 10.0 Å². The van der Waals surface area contributed by atoms with Crippen molar-refractivity contribution in [3.63, 3.8) is 0 Å². The zero-order chi connectivity index (χ0) is 25.6. The fourth-order valence-corrected chi connectivity index (χ4v) is 3.77. The van der Waals surface area contributed by atoms with Gasteiger partial charge in [-0.2, -0.15) is 0 Å². The van der Waals surface area contributed by atoms with Crippen LogP contribution in [0, 0.1) is 11.8 Å². The SMILES string of the molecule is COc1ccc2c(c1)C(=O)N(C[C@@H](C#Cc1ccc(C(=O)NS(C)(=O)=O)cc1)NC(=O)NC=O)C2. The molecule has 1 aliphatic heterocycles. The third-order valence-electron chi connectivity index (χ3n) is 4.91. The summed E-state index contributed by atoms with van der Waals surface area (Å²) < 4.78 is 29.5. The van der Waals surface area contributed by atoms with Crippen LogP contribution in [0.25, 0.3) is 0 Å². The van der Waals surface area contributed by atoms with E-state index < -0.39 is 28.0 Å². The lowest BCUT2D eigenvalue weighted by Crippen LogP contribution is -2.46. The lowest BCUT2D eigenvalue weighted by Gasteiger charge is -2.21. The zero-order valence-electron chi connectivity index (χ0n) is 18.8. The minimum atomic E-state index is -3.70. The van der Waals surface area contributed by atoms with Crippen molar-refractivity contribution in [2.24, 2.45) is 0 Å². The number of imide groups is 1. The predicted octanol–water partition coefficient (Wildman–Crippen LogP) is 0.216. The second-order valence-corrected chi connectivity index (χ2v) is 9.30. The molecule has 0 fully saturated rings. The van der Waals surface area contributed by atoms with E-state index in [4.69, 9.17) is 4.74 Å². The molecule has 0 aromatic heterocycles. The second-order valence-electron chi connectivity index (χ2n) is 7.55. The number of urea groups is 1. The quantitative estimate of drug-likeness (QED) is 0.365. The minimum Gasteiger partial charge on any atom is -0.497 e. The summed E-state index contributed by atoms with van der Waals surface area (Å²) in [5.74, 6) is 5.23. The van der Waals surface area contributed by atoms with Gasteiger partial charge in [0.2, 0.25) is 16.4 Å². The Bertz CT molecular complexity index is 1330. The summed E-state index contributed by atoms with van der Waals surface area (Å²) in [5.41, 5.74) is 1.90. The van der Waals surface area contributed by atoms with Crippen LogP contribution < -0.4 is 20.1 Å². The smallest absolute Gasteiger partial charge is 0.322 e. The molecule has 0 saturated carbocycles. The van der Waals surface area contributed by atoms with Crippen molar-refractivity contribution in [3.05, 3.63) is 64.7 Å². The number of rotatable bonds is 7. The van der Waals surface area contributed by atoms with Gasteiger partial charge in [0, 0.05) is 23.2 Å². The molecular weight excluding hydrogens is 476 g/mol. The topological polar surface area (TPSA) is 151 Å². The molecule has 11 nitrogen and oxygen atoms in total. The van der Waals surface area contributed by atoms with Crippen LogP contribution in [0.4, 0.5) is 4.79 Å². The first-order valence-electron chi connectivity index (χ1n) is 10.2. The van der Waals surface area contributed by atoms with E-state index in [1.165, 1.54) is 36.3 Å². The first-order valence-corrected chi connectivity index (χ1v) is 12.1. The van der Waals surface area contributed by atoms with Gasteiger partial charge in [0.15, 0.2) is 0 Å². The first kappa shape index (κ1) is 25.3. The Kier molecular flexibility index (Phi) is 7.73. The van der Waals surface area contributed by atoms with Gasteiger partial charge < -0.3 is 15.0 Å². The van der Waals surface area contributed by atoms with Crippen LogP contribution in [0.3, 0.4) is 0 Å². The molecule has 35 heavy (non-hydrogen) atoms. The van der Waals surface area contributed by atoms with Gasteiger partial charge in [-0.15, -0.1) is 0 Å². The van der Waals surface area contributed by atoms with Gasteiger partial charge in [-0.25, -0.2) is 17.9 Å². The van der Waals surface area contributed by atoms with Crippen LogP contribution >= 0.6 is 0 Å². The van der Waals surface area contributed by atoms with Crippen molar-refractivity contribution in [2.45, 2.75) is 12.6 Å². The summed E-state index contributed by atoms with van der Waals surface area (Å²) in [6.07, 6.45) is 1.10. The zero-order valence-corrected chi connectivity index (χ0v) is 19.6. The van der Waals surface area contributed by atoms with Crippen LogP contribution in [0.1, 0.15) is 31.8 Å². The van der Waals surface area contributed by atoms with E-state index in [9.17, 15) is 27.6 Å². The molecule has 3 N–H and O–H groups in total. The fraction of sp³-hybridized carbons (Fsp3) is 0.217. The van der Waals surface area contributed by atoms with E-state index in [1.54, 1.807) is 18.2 Å². The molecule has 0 spiro atoms. The van der Waals surface area contributed by atoms with E-state index in [-0.39, 0.29) is 24.4 Å². The number of benzene rings is 2. The van der Waals surface area contributed by atoms with Gasteiger partial charge in [0.1, 0.15) is 11.8 Å². The third-order valence-corrected chi connectivity index (χ3v) is 5.47. The number of fused-ring (bicyclic) bond motifs is 1. The number of nitrogens with one attached hydrogen (secondary N) is 3. The number of hydrogen-bond donors (Lipinski definition) is 3. The van der Waals surface area contributed by atoms with Crippen LogP contribution in [0.2, 0.25) is 0 Å². The van der Waals surface area contributed by atoms with Gasteiger partial charge in [0.05, 0.1) is 19.9 Å². The number of ether oxygens (including phenoxy) is 1. The molecule has 5 amide bonds. The highest BCUT2D eigenvalue weighted by molar-refractivity contribution is 7.89. The van der Waals surface area contributed by atoms with Gasteiger partial charge in [-0.1, -0.05) is 17.9 Å². The predicted molar refractivity (Wildman–Crippen MR) is 125 cm³/mol. The van der Waals surface area contributed by atoms with Crippen LogP contribution in [0.15, 0.2) is 42.5 Å². The lowest BCUT2D eigenvalue weighted by atomic mass is 10.1. The Morgan fingerprint density at radius 3 is 2.54 bits per heavy atom. The Morgan fingerprint density at radius 2 is 1.91 bits per heavy atom. The number of methoxy groups -OCH3 is 1. The standard InChI is InChI=1S/C23H22N4O7S/c1-34-19-10-8-17-12-27(22(30)20(17)11-19)13-18(25-23(31)24-14-28)9-5-15-3-6-16(7-4-15)21(29)26-35(2,32)33/h3-4,6-8,10-11,14,18H,12-13H2,1-2H3,(H,26,29)(H2,24,25,28,31)/t18-/m1/s1. The maximum atomic E-state index is 12.8. The monoisotopic (exact) mass is 498 g/mol. The Labute approximate surface area is 201 Å². The molecule has 2 aromatic carbocycles. The van der Waals surface area contributed by atoms with Gasteiger partial charge >= 0.3 is 6.03 Å². The molecule has 1 atom stereocenters. The number of carbonyl (C=O) groups is 4. The van der Waals surface area contributed by atoms with Gasteiger partial charge in [0.25, 0.3) is 11.8 Å². The number of carbonyl (C=O) groups excluding carboxylic acids is 4. The molecule has 12 heteroatoms. The highest BCUT2D eigenvalue weighted by atomic mass is 32.2. The highest BCUT2D eigenvalue weighted by Gasteiger charge is 2.29. The molecular formula is C23H22N4O7S. The summed E-state index contributed by atoms with van der Waals surface area (Å²) in [6.45, 7) is 0.363. The largest absolute Gasteiger partial charge is 0.497 e. The van der Waals surface area contributed by atoms with Crippen LogP contribution in [-0.4, -0.2) is 63.5 Å². The molecule has 0 saturated heterocycles. The maximum Gasteiger partial charge on any atom is 0.322 e. The van der Waals surface area contributed by atoms with Crippen LogP contribution in [-0.2, 0) is 21.4 Å². The Hall–Kier alpha value is -4.37. The summed E-state index contributed by atoms with van der Waals surface area (Å²) in [5, 5.41) is 4.51. The Morgan fingerprint density at radius 1 is 1.20 bits per heavy atom.